The summed E-state index contributed by atoms with van der Waals surface area (Å²) in [6.07, 6.45) is 0.578. The van der Waals surface area contributed by atoms with Gasteiger partial charge in [0.15, 0.2) is 0 Å². The summed E-state index contributed by atoms with van der Waals surface area (Å²) < 4.78 is 26.5. The van der Waals surface area contributed by atoms with Crippen molar-refractivity contribution in [1.82, 2.24) is 9.62 Å². The lowest BCUT2D eigenvalue weighted by atomic mass is 10.2. The van der Waals surface area contributed by atoms with Crippen LogP contribution in [-0.4, -0.2) is 43.6 Å². The van der Waals surface area contributed by atoms with Gasteiger partial charge in [-0.1, -0.05) is 30.3 Å². The summed E-state index contributed by atoms with van der Waals surface area (Å²) in [5.74, 6) is 0.189. The highest BCUT2D eigenvalue weighted by Crippen LogP contribution is 2.14. The molecule has 0 bridgehead atoms. The maximum absolute atomic E-state index is 12.4. The molecular formula is C14H23ClN2O2S. The minimum Gasteiger partial charge on any atom is -0.311 e. The van der Waals surface area contributed by atoms with Gasteiger partial charge in [-0.05, 0) is 25.8 Å². The fourth-order valence-electron chi connectivity index (χ4n) is 2.38. The molecule has 1 N–H and O–H groups in total. The molecule has 1 heterocycles. The zero-order valence-electron chi connectivity index (χ0n) is 12.0. The number of hydrogen-bond donors (Lipinski definition) is 1. The van der Waals surface area contributed by atoms with Gasteiger partial charge in [0.25, 0.3) is 0 Å². The van der Waals surface area contributed by atoms with Crippen molar-refractivity contribution in [2.24, 2.45) is 0 Å². The average Bonchev–Trinajstić information content (AvgIpc) is 2.40. The van der Waals surface area contributed by atoms with E-state index in [1.54, 1.807) is 4.31 Å². The smallest absolute Gasteiger partial charge is 0.214 e. The third-order valence-corrected chi connectivity index (χ3v) is 5.50. The van der Waals surface area contributed by atoms with Crippen molar-refractivity contribution >= 4 is 22.4 Å². The van der Waals surface area contributed by atoms with Crippen LogP contribution < -0.4 is 5.32 Å². The molecule has 1 saturated heterocycles. The Labute approximate surface area is 128 Å². The molecule has 1 aromatic rings. The second kappa shape index (κ2) is 7.41. The van der Waals surface area contributed by atoms with Crippen LogP contribution in [0.2, 0.25) is 0 Å². The van der Waals surface area contributed by atoms with Gasteiger partial charge in [-0.25, -0.2) is 8.42 Å². The third-order valence-electron chi connectivity index (χ3n) is 3.56. The number of sulfonamides is 1. The minimum absolute atomic E-state index is 0. The van der Waals surface area contributed by atoms with E-state index >= 15 is 0 Å². The molecule has 1 aliphatic rings. The Balaban J connectivity index is 0.00000200. The molecule has 0 amide bonds. The van der Waals surface area contributed by atoms with Gasteiger partial charge in [-0.3, -0.25) is 0 Å². The molecule has 114 valence electrons. The Kier molecular flexibility index (Phi) is 6.45. The van der Waals surface area contributed by atoms with Crippen molar-refractivity contribution in [1.29, 1.82) is 0 Å². The SMILES string of the molecule is CC1CN(S(=O)(=O)CCc2ccccc2)C(C)CN1.Cl. The number of piperazine rings is 1. The minimum atomic E-state index is -3.17. The Morgan fingerprint density at radius 1 is 1.25 bits per heavy atom. The lowest BCUT2D eigenvalue weighted by Crippen LogP contribution is -2.56. The molecule has 6 heteroatoms. The second-order valence-electron chi connectivity index (χ2n) is 5.28. The van der Waals surface area contributed by atoms with Crippen LogP contribution in [0.5, 0.6) is 0 Å². The Morgan fingerprint density at radius 3 is 2.55 bits per heavy atom. The molecule has 4 nitrogen and oxygen atoms in total. The van der Waals surface area contributed by atoms with Gasteiger partial charge in [0.05, 0.1) is 5.75 Å². The van der Waals surface area contributed by atoms with E-state index in [-0.39, 0.29) is 30.2 Å². The van der Waals surface area contributed by atoms with Crippen LogP contribution in [0.15, 0.2) is 30.3 Å². The van der Waals surface area contributed by atoms with Crippen molar-refractivity contribution < 1.29 is 8.42 Å². The van der Waals surface area contributed by atoms with E-state index in [1.807, 2.05) is 44.2 Å². The number of rotatable bonds is 4. The van der Waals surface area contributed by atoms with Crippen LogP contribution in [0, 0.1) is 0 Å². The van der Waals surface area contributed by atoms with Gasteiger partial charge in [-0.2, -0.15) is 4.31 Å². The van der Waals surface area contributed by atoms with Crippen molar-refractivity contribution in [2.45, 2.75) is 32.4 Å². The number of benzene rings is 1. The first kappa shape index (κ1) is 17.4. The highest BCUT2D eigenvalue weighted by atomic mass is 35.5. The van der Waals surface area contributed by atoms with Crippen LogP contribution in [0.25, 0.3) is 0 Å². The predicted molar refractivity (Wildman–Crippen MR) is 84.8 cm³/mol. The summed E-state index contributed by atoms with van der Waals surface area (Å²) in [4.78, 5) is 0. The molecule has 2 rings (SSSR count). The lowest BCUT2D eigenvalue weighted by molar-refractivity contribution is 0.245. The highest BCUT2D eigenvalue weighted by Gasteiger charge is 2.31. The largest absolute Gasteiger partial charge is 0.311 e. The first-order valence-electron chi connectivity index (χ1n) is 6.76. The Morgan fingerprint density at radius 2 is 1.90 bits per heavy atom. The molecule has 1 aliphatic heterocycles. The first-order chi connectivity index (χ1) is 8.99. The summed E-state index contributed by atoms with van der Waals surface area (Å²) in [5, 5.41) is 3.30. The molecular weight excluding hydrogens is 296 g/mol. The molecule has 0 radical (unpaired) electrons. The molecule has 1 aromatic carbocycles. The van der Waals surface area contributed by atoms with E-state index in [9.17, 15) is 8.42 Å². The molecule has 0 spiro atoms. The number of aryl methyl sites for hydroxylation is 1. The van der Waals surface area contributed by atoms with Crippen LogP contribution >= 0.6 is 12.4 Å². The first-order valence-corrected chi connectivity index (χ1v) is 8.37. The van der Waals surface area contributed by atoms with Crippen LogP contribution in [0.4, 0.5) is 0 Å². The summed E-state index contributed by atoms with van der Waals surface area (Å²) in [6, 6.07) is 10.0. The summed E-state index contributed by atoms with van der Waals surface area (Å²) in [5.41, 5.74) is 1.07. The topological polar surface area (TPSA) is 49.4 Å². The molecule has 20 heavy (non-hydrogen) atoms. The Bertz CT molecular complexity index is 507. The zero-order valence-corrected chi connectivity index (χ0v) is 13.6. The van der Waals surface area contributed by atoms with E-state index in [0.29, 0.717) is 13.0 Å². The third kappa shape index (κ3) is 4.45. The fourth-order valence-corrected chi connectivity index (χ4v) is 4.19. The fraction of sp³-hybridized carbons (Fsp3) is 0.571. The monoisotopic (exact) mass is 318 g/mol. The van der Waals surface area contributed by atoms with Crippen molar-refractivity contribution in [3.63, 3.8) is 0 Å². The van der Waals surface area contributed by atoms with E-state index in [4.69, 9.17) is 0 Å². The average molecular weight is 319 g/mol. The number of nitrogens with one attached hydrogen (secondary N) is 1. The zero-order chi connectivity index (χ0) is 13.9. The normalized spacial score (nSPS) is 24.1. The number of hydrogen-bond acceptors (Lipinski definition) is 3. The van der Waals surface area contributed by atoms with Gasteiger partial charge >= 0.3 is 0 Å². The number of halogens is 1. The van der Waals surface area contributed by atoms with Crippen LogP contribution in [0.1, 0.15) is 19.4 Å². The molecule has 2 unspecified atom stereocenters. The van der Waals surface area contributed by atoms with E-state index in [1.165, 1.54) is 0 Å². The van der Waals surface area contributed by atoms with Gasteiger partial charge in [-0.15, -0.1) is 12.4 Å². The molecule has 1 fully saturated rings. The van der Waals surface area contributed by atoms with Gasteiger partial charge in [0.1, 0.15) is 0 Å². The van der Waals surface area contributed by atoms with Crippen molar-refractivity contribution in [3.8, 4) is 0 Å². The highest BCUT2D eigenvalue weighted by molar-refractivity contribution is 7.89. The Hall–Kier alpha value is -0.620. The van der Waals surface area contributed by atoms with E-state index in [0.717, 1.165) is 12.1 Å². The van der Waals surface area contributed by atoms with Crippen molar-refractivity contribution in [3.05, 3.63) is 35.9 Å². The maximum atomic E-state index is 12.4. The second-order valence-corrected chi connectivity index (χ2v) is 7.32. The number of nitrogens with zero attached hydrogens (tertiary/aromatic N) is 1. The quantitative estimate of drug-likeness (QED) is 0.918. The van der Waals surface area contributed by atoms with Crippen molar-refractivity contribution in [2.75, 3.05) is 18.8 Å². The molecule has 0 saturated carbocycles. The molecule has 0 aliphatic carbocycles. The summed E-state index contributed by atoms with van der Waals surface area (Å²) >= 11 is 0. The van der Waals surface area contributed by atoms with Crippen LogP contribution in [0.3, 0.4) is 0 Å². The summed E-state index contributed by atoms with van der Waals surface area (Å²) in [7, 11) is -3.17. The summed E-state index contributed by atoms with van der Waals surface area (Å²) in [6.45, 7) is 5.27. The standard InChI is InChI=1S/C14H22N2O2S.ClH/c1-12-11-16(13(2)10-15-12)19(17,18)9-8-14-6-4-3-5-7-14;/h3-7,12-13,15H,8-11H2,1-2H3;1H. The lowest BCUT2D eigenvalue weighted by Gasteiger charge is -2.36. The molecule has 2 atom stereocenters. The predicted octanol–water partition coefficient (Wildman–Crippen LogP) is 1.66. The maximum Gasteiger partial charge on any atom is 0.214 e. The van der Waals surface area contributed by atoms with Gasteiger partial charge < -0.3 is 5.32 Å². The van der Waals surface area contributed by atoms with Gasteiger partial charge in [0, 0.05) is 25.2 Å². The van der Waals surface area contributed by atoms with E-state index < -0.39 is 10.0 Å². The van der Waals surface area contributed by atoms with E-state index in [2.05, 4.69) is 5.32 Å². The molecule has 0 aromatic heterocycles. The van der Waals surface area contributed by atoms with Gasteiger partial charge in [0.2, 0.25) is 10.0 Å². The van der Waals surface area contributed by atoms with Crippen LogP contribution in [-0.2, 0) is 16.4 Å².